The zero-order chi connectivity index (χ0) is 9.52. The van der Waals surface area contributed by atoms with Crippen molar-refractivity contribution in [1.82, 2.24) is 4.90 Å². The second-order valence-electron chi connectivity index (χ2n) is 3.35. The molecule has 1 fully saturated rings. The van der Waals surface area contributed by atoms with E-state index in [0.717, 1.165) is 38.9 Å². The summed E-state index contributed by atoms with van der Waals surface area (Å²) in [4.78, 5) is 12.3. The molecule has 13 heavy (non-hydrogen) atoms. The number of hydrogen-bond acceptors (Lipinski definition) is 3. The van der Waals surface area contributed by atoms with Gasteiger partial charge in [-0.15, -0.1) is 0 Å². The summed E-state index contributed by atoms with van der Waals surface area (Å²) in [5.74, 6) is 0. The van der Waals surface area contributed by atoms with Gasteiger partial charge in [0.25, 0.3) is 0 Å². The molecule has 0 amide bonds. The number of carbonyl (C=O) groups is 1. The molecule has 0 bridgehead atoms. The summed E-state index contributed by atoms with van der Waals surface area (Å²) in [6.07, 6.45) is 6.47. The SMILES string of the molecule is CN(CC=CC=O)C1CCOCC1. The Morgan fingerprint density at radius 1 is 1.46 bits per heavy atom. The fourth-order valence-electron chi connectivity index (χ4n) is 1.56. The Labute approximate surface area is 79.4 Å². The lowest BCUT2D eigenvalue weighted by molar-refractivity contribution is -0.104. The van der Waals surface area contributed by atoms with Gasteiger partial charge in [0.05, 0.1) is 0 Å². The lowest BCUT2D eigenvalue weighted by Crippen LogP contribution is -2.36. The fourth-order valence-corrected chi connectivity index (χ4v) is 1.56. The van der Waals surface area contributed by atoms with Crippen LogP contribution in [0.4, 0.5) is 0 Å². The Hall–Kier alpha value is -0.670. The highest BCUT2D eigenvalue weighted by Gasteiger charge is 2.16. The van der Waals surface area contributed by atoms with E-state index in [1.807, 2.05) is 6.08 Å². The first-order valence-corrected chi connectivity index (χ1v) is 4.73. The van der Waals surface area contributed by atoms with Gasteiger partial charge in [-0.2, -0.15) is 0 Å². The Balaban J connectivity index is 2.24. The van der Waals surface area contributed by atoms with Crippen LogP contribution in [0.2, 0.25) is 0 Å². The third-order valence-electron chi connectivity index (χ3n) is 2.42. The highest BCUT2D eigenvalue weighted by Crippen LogP contribution is 2.12. The predicted molar refractivity (Wildman–Crippen MR) is 51.7 cm³/mol. The van der Waals surface area contributed by atoms with Gasteiger partial charge in [-0.1, -0.05) is 6.08 Å². The smallest absolute Gasteiger partial charge is 0.142 e. The molecule has 0 radical (unpaired) electrons. The van der Waals surface area contributed by atoms with E-state index in [4.69, 9.17) is 4.74 Å². The van der Waals surface area contributed by atoms with Crippen molar-refractivity contribution in [3.8, 4) is 0 Å². The highest BCUT2D eigenvalue weighted by molar-refractivity contribution is 5.64. The second kappa shape index (κ2) is 5.89. The van der Waals surface area contributed by atoms with Gasteiger partial charge in [0.15, 0.2) is 0 Å². The standard InChI is InChI=1S/C10H17NO2/c1-11(6-2-3-7-12)10-4-8-13-9-5-10/h2-3,7,10H,4-6,8-9H2,1H3. The van der Waals surface area contributed by atoms with Crippen LogP contribution in [0.25, 0.3) is 0 Å². The summed E-state index contributed by atoms with van der Waals surface area (Å²) in [5, 5.41) is 0. The first-order chi connectivity index (χ1) is 6.34. The predicted octanol–water partition coefficient (Wildman–Crippen LogP) is 0.852. The first-order valence-electron chi connectivity index (χ1n) is 4.73. The number of allylic oxidation sites excluding steroid dienone is 1. The van der Waals surface area contributed by atoms with E-state index in [0.29, 0.717) is 6.04 Å². The van der Waals surface area contributed by atoms with Gasteiger partial charge in [0.2, 0.25) is 0 Å². The van der Waals surface area contributed by atoms with E-state index in [9.17, 15) is 4.79 Å². The molecule has 0 spiro atoms. The van der Waals surface area contributed by atoms with Crippen LogP contribution < -0.4 is 0 Å². The molecule has 0 aromatic rings. The summed E-state index contributed by atoms with van der Waals surface area (Å²) >= 11 is 0. The molecule has 1 saturated heterocycles. The molecule has 1 heterocycles. The molecule has 1 aliphatic heterocycles. The van der Waals surface area contributed by atoms with E-state index in [1.165, 1.54) is 0 Å². The zero-order valence-corrected chi connectivity index (χ0v) is 8.11. The highest BCUT2D eigenvalue weighted by atomic mass is 16.5. The van der Waals surface area contributed by atoms with Crippen molar-refractivity contribution in [2.45, 2.75) is 18.9 Å². The Morgan fingerprint density at radius 2 is 2.15 bits per heavy atom. The number of likely N-dealkylation sites (N-methyl/N-ethyl adjacent to an activating group) is 1. The van der Waals surface area contributed by atoms with Gasteiger partial charge in [-0.25, -0.2) is 0 Å². The van der Waals surface area contributed by atoms with Crippen LogP contribution in [0.5, 0.6) is 0 Å². The van der Waals surface area contributed by atoms with E-state index >= 15 is 0 Å². The van der Waals surface area contributed by atoms with Crippen LogP contribution in [0, 0.1) is 0 Å². The number of rotatable bonds is 4. The fraction of sp³-hybridized carbons (Fsp3) is 0.700. The molecular formula is C10H17NO2. The molecule has 0 aromatic carbocycles. The van der Waals surface area contributed by atoms with Gasteiger partial charge in [-0.3, -0.25) is 9.69 Å². The molecule has 74 valence electrons. The summed E-state index contributed by atoms with van der Waals surface area (Å²) in [7, 11) is 2.09. The summed E-state index contributed by atoms with van der Waals surface area (Å²) < 4.78 is 5.27. The number of hydrogen-bond donors (Lipinski definition) is 0. The van der Waals surface area contributed by atoms with Crippen LogP contribution in [-0.4, -0.2) is 44.0 Å². The van der Waals surface area contributed by atoms with Crippen molar-refractivity contribution in [3.05, 3.63) is 12.2 Å². The largest absolute Gasteiger partial charge is 0.381 e. The average molecular weight is 183 g/mol. The molecule has 0 aromatic heterocycles. The molecular weight excluding hydrogens is 166 g/mol. The molecule has 0 saturated carbocycles. The van der Waals surface area contributed by atoms with Crippen molar-refractivity contribution < 1.29 is 9.53 Å². The average Bonchev–Trinajstić information content (AvgIpc) is 2.19. The summed E-state index contributed by atoms with van der Waals surface area (Å²) in [6, 6.07) is 0.616. The lowest BCUT2D eigenvalue weighted by Gasteiger charge is -2.30. The van der Waals surface area contributed by atoms with Crippen LogP contribution >= 0.6 is 0 Å². The van der Waals surface area contributed by atoms with Crippen LogP contribution in [0.1, 0.15) is 12.8 Å². The van der Waals surface area contributed by atoms with Gasteiger partial charge in [0.1, 0.15) is 6.29 Å². The minimum Gasteiger partial charge on any atom is -0.381 e. The normalized spacial score (nSPS) is 19.8. The maximum atomic E-state index is 10.0. The molecule has 0 atom stereocenters. The van der Waals surface area contributed by atoms with Crippen LogP contribution in [0.3, 0.4) is 0 Å². The molecule has 1 rings (SSSR count). The quantitative estimate of drug-likeness (QED) is 0.478. The number of ether oxygens (including phenoxy) is 1. The number of nitrogens with zero attached hydrogens (tertiary/aromatic N) is 1. The molecule has 0 N–H and O–H groups in total. The van der Waals surface area contributed by atoms with E-state index in [2.05, 4.69) is 11.9 Å². The molecule has 3 heteroatoms. The third kappa shape index (κ3) is 3.70. The van der Waals surface area contributed by atoms with Crippen LogP contribution in [-0.2, 0) is 9.53 Å². The van der Waals surface area contributed by atoms with Gasteiger partial charge in [0, 0.05) is 25.8 Å². The minimum absolute atomic E-state index is 0.616. The van der Waals surface area contributed by atoms with E-state index in [-0.39, 0.29) is 0 Å². The monoisotopic (exact) mass is 183 g/mol. The first kappa shape index (κ1) is 10.4. The maximum absolute atomic E-state index is 10.0. The van der Waals surface area contributed by atoms with Gasteiger partial charge in [-0.05, 0) is 26.0 Å². The lowest BCUT2D eigenvalue weighted by atomic mass is 10.1. The minimum atomic E-state index is 0.616. The van der Waals surface area contributed by atoms with E-state index < -0.39 is 0 Å². The Bertz CT molecular complexity index is 174. The number of carbonyl (C=O) groups excluding carboxylic acids is 1. The number of aldehydes is 1. The van der Waals surface area contributed by atoms with Crippen molar-refractivity contribution in [2.24, 2.45) is 0 Å². The summed E-state index contributed by atoms with van der Waals surface area (Å²) in [5.41, 5.74) is 0. The molecule has 1 aliphatic rings. The van der Waals surface area contributed by atoms with E-state index in [1.54, 1.807) is 6.08 Å². The summed E-state index contributed by atoms with van der Waals surface area (Å²) in [6.45, 7) is 2.59. The topological polar surface area (TPSA) is 29.5 Å². The second-order valence-corrected chi connectivity index (χ2v) is 3.35. The van der Waals surface area contributed by atoms with Crippen molar-refractivity contribution in [3.63, 3.8) is 0 Å². The Kier molecular flexibility index (Phi) is 4.72. The Morgan fingerprint density at radius 3 is 2.77 bits per heavy atom. The van der Waals surface area contributed by atoms with Crippen molar-refractivity contribution >= 4 is 6.29 Å². The van der Waals surface area contributed by atoms with Gasteiger partial charge < -0.3 is 4.74 Å². The van der Waals surface area contributed by atoms with Crippen molar-refractivity contribution in [1.29, 1.82) is 0 Å². The molecule has 3 nitrogen and oxygen atoms in total. The van der Waals surface area contributed by atoms with Gasteiger partial charge >= 0.3 is 0 Å². The van der Waals surface area contributed by atoms with Crippen LogP contribution in [0.15, 0.2) is 12.2 Å². The third-order valence-corrected chi connectivity index (χ3v) is 2.42. The maximum Gasteiger partial charge on any atom is 0.142 e. The zero-order valence-electron chi connectivity index (χ0n) is 8.11. The molecule has 0 unspecified atom stereocenters. The molecule has 0 aliphatic carbocycles. The van der Waals surface area contributed by atoms with Crippen molar-refractivity contribution in [2.75, 3.05) is 26.8 Å².